The summed E-state index contributed by atoms with van der Waals surface area (Å²) in [5.74, 6) is -0.660. The lowest BCUT2D eigenvalue weighted by Crippen LogP contribution is -2.53. The normalized spacial score (nSPS) is 16.1. The number of rotatable bonds is 6. The number of carbonyl (C=O) groups is 3. The Hall–Kier alpha value is -4.19. The van der Waals surface area contributed by atoms with Gasteiger partial charge in [0.1, 0.15) is 17.4 Å². The van der Waals surface area contributed by atoms with Crippen LogP contribution in [-0.2, 0) is 16.1 Å². The first kappa shape index (κ1) is 21.1. The van der Waals surface area contributed by atoms with E-state index in [-0.39, 0.29) is 18.2 Å². The number of hydrogen-bond acceptors (Lipinski definition) is 4. The van der Waals surface area contributed by atoms with Crippen molar-refractivity contribution in [2.24, 2.45) is 0 Å². The number of nitrogens with zero attached hydrogens (tertiary/aromatic N) is 1. The summed E-state index contributed by atoms with van der Waals surface area (Å²) >= 11 is 0. The summed E-state index contributed by atoms with van der Waals surface area (Å²) in [5, 5.41) is 2.24. The van der Waals surface area contributed by atoms with Crippen molar-refractivity contribution < 1.29 is 19.1 Å². The highest BCUT2D eigenvalue weighted by Crippen LogP contribution is 2.23. The molecule has 0 radical (unpaired) electrons. The van der Waals surface area contributed by atoms with Gasteiger partial charge >= 0.3 is 6.03 Å². The lowest BCUT2D eigenvalue weighted by atomic mass is 10.1. The second-order valence-corrected chi connectivity index (χ2v) is 7.43. The minimum Gasteiger partial charge on any atom is -0.486 e. The summed E-state index contributed by atoms with van der Waals surface area (Å²) in [6.07, 6.45) is 1.36. The number of hydrogen-bond donors (Lipinski definition) is 1. The van der Waals surface area contributed by atoms with Gasteiger partial charge in [-0.2, -0.15) is 0 Å². The Balaban J connectivity index is 1.49. The number of urea groups is 1. The van der Waals surface area contributed by atoms with Crippen LogP contribution in [0, 0.1) is 0 Å². The van der Waals surface area contributed by atoms with Crippen molar-refractivity contribution in [1.29, 1.82) is 0 Å². The molecule has 0 aliphatic carbocycles. The first-order valence-corrected chi connectivity index (χ1v) is 10.3. The molecule has 0 unspecified atom stereocenters. The Morgan fingerprint density at radius 2 is 1.50 bits per heavy atom. The maximum absolute atomic E-state index is 12.9. The summed E-state index contributed by atoms with van der Waals surface area (Å²) in [4.78, 5) is 38.4. The van der Waals surface area contributed by atoms with Crippen LogP contribution in [0.1, 0.15) is 29.7 Å². The highest BCUT2D eigenvalue weighted by molar-refractivity contribution is 6.30. The van der Waals surface area contributed by atoms with Gasteiger partial charge in [0.25, 0.3) is 11.8 Å². The van der Waals surface area contributed by atoms with Crippen LogP contribution in [-0.4, -0.2) is 22.7 Å². The van der Waals surface area contributed by atoms with Crippen LogP contribution in [0.3, 0.4) is 0 Å². The molecule has 32 heavy (non-hydrogen) atoms. The van der Waals surface area contributed by atoms with Crippen molar-refractivity contribution in [3.63, 3.8) is 0 Å². The predicted molar refractivity (Wildman–Crippen MR) is 120 cm³/mol. The summed E-state index contributed by atoms with van der Waals surface area (Å²) in [5.41, 5.74) is 2.41. The number of benzene rings is 3. The zero-order chi connectivity index (χ0) is 22.5. The maximum Gasteiger partial charge on any atom is 0.331 e. The fraction of sp³-hybridized carbons (Fsp3) is 0.115. The molecule has 1 N–H and O–H groups in total. The van der Waals surface area contributed by atoms with Gasteiger partial charge in [0.05, 0.1) is 6.54 Å². The van der Waals surface area contributed by atoms with E-state index in [0.717, 1.165) is 16.0 Å². The molecule has 6 nitrogen and oxygen atoms in total. The third-order valence-electron chi connectivity index (χ3n) is 5.14. The van der Waals surface area contributed by atoms with Gasteiger partial charge in [-0.15, -0.1) is 0 Å². The van der Waals surface area contributed by atoms with E-state index < -0.39 is 17.8 Å². The number of amides is 4. The lowest BCUT2D eigenvalue weighted by molar-refractivity contribution is -0.130. The summed E-state index contributed by atoms with van der Waals surface area (Å²) in [6, 6.07) is 25.4. The van der Waals surface area contributed by atoms with Gasteiger partial charge in [-0.25, -0.2) is 4.79 Å². The number of ether oxygens (including phenoxy) is 1. The van der Waals surface area contributed by atoms with E-state index >= 15 is 0 Å². The van der Waals surface area contributed by atoms with Crippen LogP contribution in [0.5, 0.6) is 5.75 Å². The maximum atomic E-state index is 12.9. The molecule has 4 amide bonds. The monoisotopic (exact) mass is 426 g/mol. The molecule has 0 aromatic heterocycles. The Morgan fingerprint density at radius 3 is 2.16 bits per heavy atom. The molecular weight excluding hydrogens is 404 g/mol. The molecule has 0 saturated carbocycles. The summed E-state index contributed by atoms with van der Waals surface area (Å²) < 4.78 is 5.97. The van der Waals surface area contributed by atoms with Crippen molar-refractivity contribution in [2.45, 2.75) is 19.6 Å². The van der Waals surface area contributed by atoms with Crippen molar-refractivity contribution in [3.05, 3.63) is 107 Å². The summed E-state index contributed by atoms with van der Waals surface area (Å²) in [6.45, 7) is 2.05. The number of carbonyl (C=O) groups excluding carboxylic acids is 3. The smallest absolute Gasteiger partial charge is 0.331 e. The van der Waals surface area contributed by atoms with Crippen molar-refractivity contribution in [1.82, 2.24) is 10.2 Å². The van der Waals surface area contributed by atoms with E-state index in [9.17, 15) is 14.4 Å². The summed E-state index contributed by atoms with van der Waals surface area (Å²) in [7, 11) is 0. The number of barbiturate groups is 1. The minimum atomic E-state index is -0.723. The van der Waals surface area contributed by atoms with Gasteiger partial charge in [0.2, 0.25) is 0 Å². The van der Waals surface area contributed by atoms with Crippen LogP contribution in [0.25, 0.3) is 6.08 Å². The third kappa shape index (κ3) is 4.75. The molecule has 1 atom stereocenters. The Kier molecular flexibility index (Phi) is 6.12. The number of imide groups is 2. The van der Waals surface area contributed by atoms with E-state index in [1.54, 1.807) is 24.3 Å². The Labute approximate surface area is 186 Å². The second kappa shape index (κ2) is 9.31. The zero-order valence-electron chi connectivity index (χ0n) is 17.5. The van der Waals surface area contributed by atoms with E-state index in [0.29, 0.717) is 11.3 Å². The van der Waals surface area contributed by atoms with E-state index in [2.05, 4.69) is 5.32 Å². The molecule has 6 heteroatoms. The van der Waals surface area contributed by atoms with Gasteiger partial charge in [-0.05, 0) is 41.8 Å². The first-order valence-electron chi connectivity index (χ1n) is 10.3. The minimum absolute atomic E-state index is 0.0836. The standard InChI is InChI=1S/C26H22N2O4/c1-18(21-10-6-3-7-11-21)32-22-14-12-19(13-15-22)16-23-24(29)27-26(31)28(25(23)30)17-20-8-4-2-5-9-20/h2-16,18H,17H2,1H3,(H,27,29,31)/b23-16-/t18-/m0/s1. The third-order valence-corrected chi connectivity index (χ3v) is 5.14. The second-order valence-electron chi connectivity index (χ2n) is 7.43. The molecule has 1 aliphatic heterocycles. The van der Waals surface area contributed by atoms with Gasteiger partial charge in [0, 0.05) is 0 Å². The highest BCUT2D eigenvalue weighted by atomic mass is 16.5. The van der Waals surface area contributed by atoms with Crippen molar-refractivity contribution >= 4 is 23.9 Å². The molecular formula is C26H22N2O4. The lowest BCUT2D eigenvalue weighted by Gasteiger charge is -2.26. The van der Waals surface area contributed by atoms with Crippen molar-refractivity contribution in [2.75, 3.05) is 0 Å². The van der Waals surface area contributed by atoms with Crippen LogP contribution in [0.15, 0.2) is 90.5 Å². The van der Waals surface area contributed by atoms with Gasteiger partial charge < -0.3 is 4.74 Å². The molecule has 1 heterocycles. The molecule has 1 saturated heterocycles. The van der Waals surface area contributed by atoms with Gasteiger partial charge in [-0.1, -0.05) is 72.8 Å². The molecule has 3 aromatic rings. The largest absolute Gasteiger partial charge is 0.486 e. The molecule has 1 aliphatic rings. The van der Waals surface area contributed by atoms with E-state index in [1.807, 2.05) is 67.6 Å². The topological polar surface area (TPSA) is 75.7 Å². The number of nitrogens with one attached hydrogen (secondary N) is 1. The quantitative estimate of drug-likeness (QED) is 0.466. The zero-order valence-corrected chi connectivity index (χ0v) is 17.5. The van der Waals surface area contributed by atoms with Gasteiger partial charge in [-0.3, -0.25) is 19.8 Å². The van der Waals surface area contributed by atoms with Crippen LogP contribution < -0.4 is 10.1 Å². The average molecular weight is 426 g/mol. The van der Waals surface area contributed by atoms with Crippen LogP contribution in [0.4, 0.5) is 4.79 Å². The predicted octanol–water partition coefficient (Wildman–Crippen LogP) is 4.49. The SMILES string of the molecule is C[C@H](Oc1ccc(/C=C2/C(=O)NC(=O)N(Cc3ccccc3)C2=O)cc1)c1ccccc1. The fourth-order valence-corrected chi connectivity index (χ4v) is 3.41. The first-order chi connectivity index (χ1) is 15.5. The van der Waals surface area contributed by atoms with Crippen LogP contribution in [0.2, 0.25) is 0 Å². The van der Waals surface area contributed by atoms with E-state index in [4.69, 9.17) is 4.74 Å². The van der Waals surface area contributed by atoms with Crippen LogP contribution >= 0.6 is 0 Å². The van der Waals surface area contributed by atoms with E-state index in [1.165, 1.54) is 6.08 Å². The molecule has 0 bridgehead atoms. The molecule has 160 valence electrons. The van der Waals surface area contributed by atoms with Gasteiger partial charge in [0.15, 0.2) is 0 Å². The fourth-order valence-electron chi connectivity index (χ4n) is 3.41. The molecule has 3 aromatic carbocycles. The Bertz CT molecular complexity index is 1160. The molecule has 1 fully saturated rings. The molecule has 0 spiro atoms. The average Bonchev–Trinajstić information content (AvgIpc) is 2.82. The van der Waals surface area contributed by atoms with Crippen molar-refractivity contribution in [3.8, 4) is 5.75 Å². The Morgan fingerprint density at radius 1 is 0.875 bits per heavy atom. The highest BCUT2D eigenvalue weighted by Gasteiger charge is 2.35. The molecule has 4 rings (SSSR count).